The lowest BCUT2D eigenvalue weighted by atomic mass is 10.0. The summed E-state index contributed by atoms with van der Waals surface area (Å²) in [6.45, 7) is 6.58. The average Bonchev–Trinajstić information content (AvgIpc) is 2.71. The lowest BCUT2D eigenvalue weighted by Gasteiger charge is -2.15. The van der Waals surface area contributed by atoms with Crippen molar-refractivity contribution in [2.75, 3.05) is 7.05 Å². The summed E-state index contributed by atoms with van der Waals surface area (Å²) in [5, 5.41) is 8.27. The van der Waals surface area contributed by atoms with Gasteiger partial charge in [-0.15, -0.1) is 0 Å². The van der Waals surface area contributed by atoms with Crippen molar-refractivity contribution in [3.05, 3.63) is 51.6 Å². The van der Waals surface area contributed by atoms with Crippen molar-refractivity contribution in [2.45, 2.75) is 39.8 Å². The largest absolute Gasteiger partial charge is 0.313 e. The molecule has 1 heterocycles. The maximum Gasteiger partial charge on any atom is 0.129 e. The smallest absolute Gasteiger partial charge is 0.129 e. The Kier molecular flexibility index (Phi) is 5.01. The summed E-state index contributed by atoms with van der Waals surface area (Å²) in [6, 6.07) is 5.03. The van der Waals surface area contributed by atoms with E-state index in [1.807, 2.05) is 25.6 Å². The Morgan fingerprint density at radius 1 is 1.38 bits per heavy atom. The number of halogens is 2. The summed E-state index contributed by atoms with van der Waals surface area (Å²) < 4.78 is 15.8. The van der Waals surface area contributed by atoms with Crippen molar-refractivity contribution in [3.63, 3.8) is 0 Å². The highest BCUT2D eigenvalue weighted by Crippen LogP contribution is 2.25. The zero-order valence-electron chi connectivity index (χ0n) is 12.9. The minimum absolute atomic E-state index is 0.272. The average molecular weight is 310 g/mol. The molecule has 0 spiro atoms. The van der Waals surface area contributed by atoms with Crippen LogP contribution in [0, 0.1) is 19.7 Å². The van der Waals surface area contributed by atoms with Gasteiger partial charge in [-0.25, -0.2) is 4.39 Å². The standard InChI is InChI=1S/C16H21ClFN3/c1-5-15(19-4)16-10(2)20-21(11(16)3)9-12-6-7-13(17)8-14(12)18/h6-8,15,19H,5,9H2,1-4H3. The van der Waals surface area contributed by atoms with Gasteiger partial charge in [0.1, 0.15) is 5.82 Å². The highest BCUT2D eigenvalue weighted by molar-refractivity contribution is 6.30. The Morgan fingerprint density at radius 2 is 2.10 bits per heavy atom. The van der Waals surface area contributed by atoms with Crippen LogP contribution in [0.15, 0.2) is 18.2 Å². The zero-order valence-corrected chi connectivity index (χ0v) is 13.6. The van der Waals surface area contributed by atoms with Crippen LogP contribution in [0.25, 0.3) is 0 Å². The van der Waals surface area contributed by atoms with E-state index >= 15 is 0 Å². The summed E-state index contributed by atoms with van der Waals surface area (Å²) >= 11 is 5.79. The van der Waals surface area contributed by atoms with E-state index < -0.39 is 0 Å². The van der Waals surface area contributed by atoms with Crippen molar-refractivity contribution in [2.24, 2.45) is 0 Å². The summed E-state index contributed by atoms with van der Waals surface area (Å²) in [5.74, 6) is -0.294. The molecule has 2 rings (SSSR count). The van der Waals surface area contributed by atoms with E-state index in [4.69, 9.17) is 11.6 Å². The van der Waals surface area contributed by atoms with Gasteiger partial charge in [-0.3, -0.25) is 4.68 Å². The van der Waals surface area contributed by atoms with E-state index in [-0.39, 0.29) is 11.9 Å². The molecule has 0 saturated carbocycles. The van der Waals surface area contributed by atoms with Gasteiger partial charge >= 0.3 is 0 Å². The first-order valence-corrected chi connectivity index (χ1v) is 7.50. The molecule has 1 N–H and O–H groups in total. The first-order valence-electron chi connectivity index (χ1n) is 7.13. The van der Waals surface area contributed by atoms with Gasteiger partial charge in [-0.1, -0.05) is 24.6 Å². The monoisotopic (exact) mass is 309 g/mol. The molecule has 1 aromatic carbocycles. The van der Waals surface area contributed by atoms with E-state index in [9.17, 15) is 4.39 Å². The molecular weight excluding hydrogens is 289 g/mol. The zero-order chi connectivity index (χ0) is 15.6. The molecule has 0 radical (unpaired) electrons. The molecule has 0 bridgehead atoms. The van der Waals surface area contributed by atoms with Crippen LogP contribution in [-0.4, -0.2) is 16.8 Å². The van der Waals surface area contributed by atoms with E-state index in [1.165, 1.54) is 11.6 Å². The molecule has 1 aromatic heterocycles. The lowest BCUT2D eigenvalue weighted by molar-refractivity contribution is 0.563. The molecule has 0 aliphatic carbocycles. The van der Waals surface area contributed by atoms with Gasteiger partial charge in [-0.05, 0) is 39.4 Å². The van der Waals surface area contributed by atoms with Crippen LogP contribution in [0.2, 0.25) is 5.02 Å². The Hall–Kier alpha value is -1.39. The maximum absolute atomic E-state index is 13.9. The van der Waals surface area contributed by atoms with Gasteiger partial charge in [0.2, 0.25) is 0 Å². The van der Waals surface area contributed by atoms with Crippen LogP contribution in [0.3, 0.4) is 0 Å². The molecular formula is C16H21ClFN3. The van der Waals surface area contributed by atoms with Crippen LogP contribution >= 0.6 is 11.6 Å². The molecule has 1 atom stereocenters. The maximum atomic E-state index is 13.9. The second kappa shape index (κ2) is 6.58. The third-order valence-corrected chi connectivity index (χ3v) is 4.11. The van der Waals surface area contributed by atoms with Crippen LogP contribution in [-0.2, 0) is 6.54 Å². The second-order valence-electron chi connectivity index (χ2n) is 5.23. The topological polar surface area (TPSA) is 29.9 Å². The predicted molar refractivity (Wildman–Crippen MR) is 84.3 cm³/mol. The third kappa shape index (κ3) is 3.27. The van der Waals surface area contributed by atoms with Gasteiger partial charge in [0.15, 0.2) is 0 Å². The summed E-state index contributed by atoms with van der Waals surface area (Å²) in [4.78, 5) is 0. The van der Waals surface area contributed by atoms with Crippen LogP contribution in [0.4, 0.5) is 4.39 Å². The second-order valence-corrected chi connectivity index (χ2v) is 5.66. The Morgan fingerprint density at radius 3 is 2.67 bits per heavy atom. The molecule has 114 valence electrons. The fourth-order valence-corrected chi connectivity index (χ4v) is 2.89. The van der Waals surface area contributed by atoms with Crippen LogP contribution in [0.1, 0.15) is 41.9 Å². The molecule has 21 heavy (non-hydrogen) atoms. The number of nitrogens with one attached hydrogen (secondary N) is 1. The predicted octanol–water partition coefficient (Wildman–Crippen LogP) is 4.01. The number of hydrogen-bond acceptors (Lipinski definition) is 2. The SMILES string of the molecule is CCC(NC)c1c(C)nn(Cc2ccc(Cl)cc2F)c1C. The van der Waals surface area contributed by atoms with Crippen molar-refractivity contribution in [3.8, 4) is 0 Å². The molecule has 0 aliphatic rings. The fraction of sp³-hybridized carbons (Fsp3) is 0.438. The summed E-state index contributed by atoms with van der Waals surface area (Å²) in [7, 11) is 1.95. The normalized spacial score (nSPS) is 12.7. The van der Waals surface area contributed by atoms with Crippen molar-refractivity contribution >= 4 is 11.6 Å². The van der Waals surface area contributed by atoms with Crippen molar-refractivity contribution in [1.29, 1.82) is 0 Å². The molecule has 5 heteroatoms. The summed E-state index contributed by atoms with van der Waals surface area (Å²) in [5.41, 5.74) is 3.86. The Labute approximate surface area is 130 Å². The molecule has 1 unspecified atom stereocenters. The van der Waals surface area contributed by atoms with Gasteiger partial charge in [0.25, 0.3) is 0 Å². The number of nitrogens with zero attached hydrogens (tertiary/aromatic N) is 2. The lowest BCUT2D eigenvalue weighted by Crippen LogP contribution is -2.17. The minimum atomic E-state index is -0.294. The number of aryl methyl sites for hydroxylation is 1. The first-order chi connectivity index (χ1) is 9.97. The molecule has 0 aliphatic heterocycles. The van der Waals surface area contributed by atoms with Gasteiger partial charge in [-0.2, -0.15) is 5.10 Å². The van der Waals surface area contributed by atoms with E-state index in [1.54, 1.807) is 12.1 Å². The quantitative estimate of drug-likeness (QED) is 0.904. The third-order valence-electron chi connectivity index (χ3n) is 3.88. The fourth-order valence-electron chi connectivity index (χ4n) is 2.73. The number of aromatic nitrogens is 2. The van der Waals surface area contributed by atoms with Crippen LogP contribution in [0.5, 0.6) is 0 Å². The molecule has 0 fully saturated rings. The van der Waals surface area contributed by atoms with Gasteiger partial charge in [0.05, 0.1) is 12.2 Å². The minimum Gasteiger partial charge on any atom is -0.313 e. The molecule has 3 nitrogen and oxygen atoms in total. The number of benzene rings is 1. The van der Waals surface area contributed by atoms with E-state index in [0.717, 1.165) is 17.8 Å². The number of rotatable bonds is 5. The first kappa shape index (κ1) is 16.0. The Balaban J connectivity index is 2.35. The van der Waals surface area contributed by atoms with Crippen LogP contribution < -0.4 is 5.32 Å². The molecule has 0 amide bonds. The van der Waals surface area contributed by atoms with E-state index in [0.29, 0.717) is 17.1 Å². The Bertz CT molecular complexity index is 633. The van der Waals surface area contributed by atoms with E-state index in [2.05, 4.69) is 17.3 Å². The molecule has 2 aromatic rings. The summed E-state index contributed by atoms with van der Waals surface area (Å²) in [6.07, 6.45) is 0.985. The van der Waals surface area contributed by atoms with Crippen molar-refractivity contribution in [1.82, 2.24) is 15.1 Å². The van der Waals surface area contributed by atoms with Gasteiger partial charge in [0, 0.05) is 27.9 Å². The highest BCUT2D eigenvalue weighted by Gasteiger charge is 2.19. The molecule has 0 saturated heterocycles. The van der Waals surface area contributed by atoms with Crippen molar-refractivity contribution < 1.29 is 4.39 Å². The highest BCUT2D eigenvalue weighted by atomic mass is 35.5. The number of hydrogen-bond donors (Lipinski definition) is 1. The van der Waals surface area contributed by atoms with Gasteiger partial charge < -0.3 is 5.32 Å².